The number of aryl methyl sites for hydroxylation is 2. The number of aromatic hydroxyl groups is 1. The summed E-state index contributed by atoms with van der Waals surface area (Å²) in [5, 5.41) is 14.5. The maximum atomic E-state index is 10.0. The van der Waals surface area contributed by atoms with Crippen LogP contribution >= 0.6 is 0 Å². The predicted octanol–water partition coefficient (Wildman–Crippen LogP) is 2.90. The predicted molar refractivity (Wildman–Crippen MR) is 62.2 cm³/mol. The molecule has 0 amide bonds. The highest BCUT2D eigenvalue weighted by Gasteiger charge is 2.14. The zero-order valence-corrected chi connectivity index (χ0v) is 10.1. The Bertz CT molecular complexity index is 305. The van der Waals surface area contributed by atoms with E-state index in [9.17, 15) is 5.11 Å². The van der Waals surface area contributed by atoms with Gasteiger partial charge in [0.25, 0.3) is 0 Å². The molecule has 0 atom stereocenters. The lowest BCUT2D eigenvalue weighted by Crippen LogP contribution is -2.04. The first-order valence-electron chi connectivity index (χ1n) is 6.02. The van der Waals surface area contributed by atoms with Crippen molar-refractivity contribution >= 4 is 0 Å². The summed E-state index contributed by atoms with van der Waals surface area (Å²) in [6.07, 6.45) is 4.93. The van der Waals surface area contributed by atoms with Crippen LogP contribution in [0.1, 0.15) is 51.4 Å². The highest BCUT2D eigenvalue weighted by atomic mass is 16.3. The summed E-state index contributed by atoms with van der Waals surface area (Å²) in [4.78, 5) is 0. The minimum Gasteiger partial charge on any atom is -0.504 e. The molecule has 0 radical (unpaired) electrons. The maximum Gasteiger partial charge on any atom is 0.160 e. The zero-order chi connectivity index (χ0) is 11.3. The van der Waals surface area contributed by atoms with E-state index in [0.29, 0.717) is 5.75 Å². The summed E-state index contributed by atoms with van der Waals surface area (Å²) in [6, 6.07) is 0. The average Bonchev–Trinajstić information content (AvgIpc) is 2.49. The molecule has 0 bridgehead atoms. The van der Waals surface area contributed by atoms with E-state index in [1.807, 2.05) is 4.68 Å². The second-order valence-corrected chi connectivity index (χ2v) is 3.97. The summed E-state index contributed by atoms with van der Waals surface area (Å²) in [5.74, 6) is 0.437. The van der Waals surface area contributed by atoms with Crippen LogP contribution in [0.5, 0.6) is 5.75 Å². The second-order valence-electron chi connectivity index (χ2n) is 3.97. The Hall–Kier alpha value is -0.990. The van der Waals surface area contributed by atoms with Crippen LogP contribution in [0.15, 0.2) is 0 Å². The van der Waals surface area contributed by atoms with E-state index in [0.717, 1.165) is 50.0 Å². The molecule has 1 N–H and O–H groups in total. The lowest BCUT2D eigenvalue weighted by Gasteiger charge is -2.04. The molecule has 3 nitrogen and oxygen atoms in total. The third-order valence-electron chi connectivity index (χ3n) is 2.51. The first-order valence-corrected chi connectivity index (χ1v) is 6.02. The lowest BCUT2D eigenvalue weighted by molar-refractivity contribution is 0.456. The lowest BCUT2D eigenvalue weighted by atomic mass is 10.2. The van der Waals surface area contributed by atoms with Gasteiger partial charge in [-0.2, -0.15) is 5.10 Å². The van der Waals surface area contributed by atoms with Gasteiger partial charge in [0.1, 0.15) is 5.69 Å². The highest BCUT2D eigenvalue weighted by Crippen LogP contribution is 2.24. The van der Waals surface area contributed by atoms with Gasteiger partial charge in [0.15, 0.2) is 5.75 Å². The number of rotatable bonds is 6. The van der Waals surface area contributed by atoms with E-state index in [2.05, 4.69) is 25.9 Å². The molecule has 1 aromatic heterocycles. The van der Waals surface area contributed by atoms with Gasteiger partial charge in [-0.05, 0) is 19.3 Å². The topological polar surface area (TPSA) is 38.0 Å². The average molecular weight is 210 g/mol. The van der Waals surface area contributed by atoms with Crippen LogP contribution in [0.2, 0.25) is 0 Å². The van der Waals surface area contributed by atoms with Gasteiger partial charge >= 0.3 is 0 Å². The first kappa shape index (κ1) is 12.1. The Labute approximate surface area is 92.1 Å². The fourth-order valence-electron chi connectivity index (χ4n) is 1.83. The summed E-state index contributed by atoms with van der Waals surface area (Å²) < 4.78 is 1.98. The van der Waals surface area contributed by atoms with E-state index in [1.54, 1.807) is 0 Å². The van der Waals surface area contributed by atoms with Crippen LogP contribution in [-0.4, -0.2) is 14.9 Å². The van der Waals surface area contributed by atoms with Gasteiger partial charge in [-0.3, -0.25) is 4.68 Å². The van der Waals surface area contributed by atoms with E-state index in [4.69, 9.17) is 0 Å². The maximum absolute atomic E-state index is 10.0. The number of hydrogen-bond donors (Lipinski definition) is 1. The molecule has 0 aliphatic heterocycles. The molecule has 3 heteroatoms. The Balaban J connectivity index is 2.96. The summed E-state index contributed by atoms with van der Waals surface area (Å²) >= 11 is 0. The van der Waals surface area contributed by atoms with Crippen molar-refractivity contribution in [3.63, 3.8) is 0 Å². The van der Waals surface area contributed by atoms with Crippen molar-refractivity contribution in [2.75, 3.05) is 0 Å². The van der Waals surface area contributed by atoms with E-state index >= 15 is 0 Å². The standard InChI is InChI=1S/C12H22N2O/c1-4-7-10-12(15)11(8-5-2)14(13-10)9-6-3/h15H,4-9H2,1-3H3. The smallest absolute Gasteiger partial charge is 0.160 e. The van der Waals surface area contributed by atoms with Gasteiger partial charge in [-0.25, -0.2) is 0 Å². The molecular formula is C12H22N2O. The van der Waals surface area contributed by atoms with Gasteiger partial charge < -0.3 is 5.11 Å². The van der Waals surface area contributed by atoms with Crippen molar-refractivity contribution in [1.82, 2.24) is 9.78 Å². The van der Waals surface area contributed by atoms with Crippen LogP contribution < -0.4 is 0 Å². The van der Waals surface area contributed by atoms with Crippen molar-refractivity contribution in [2.24, 2.45) is 0 Å². The third kappa shape index (κ3) is 2.74. The van der Waals surface area contributed by atoms with Gasteiger partial charge in [0.2, 0.25) is 0 Å². The molecule has 1 heterocycles. The van der Waals surface area contributed by atoms with E-state index in [-0.39, 0.29) is 0 Å². The molecule has 1 aromatic rings. The molecule has 0 saturated heterocycles. The molecule has 0 fully saturated rings. The SMILES string of the molecule is CCCc1nn(CCC)c(CCC)c1O. The van der Waals surface area contributed by atoms with Gasteiger partial charge in [-0.1, -0.05) is 33.6 Å². The van der Waals surface area contributed by atoms with Crippen LogP contribution in [0.25, 0.3) is 0 Å². The molecule has 0 aliphatic carbocycles. The normalized spacial score (nSPS) is 10.9. The highest BCUT2D eigenvalue weighted by molar-refractivity contribution is 5.32. The zero-order valence-electron chi connectivity index (χ0n) is 10.1. The van der Waals surface area contributed by atoms with Crippen LogP contribution in [0.3, 0.4) is 0 Å². The summed E-state index contributed by atoms with van der Waals surface area (Å²) in [5.41, 5.74) is 1.89. The molecule has 0 aliphatic rings. The number of aromatic nitrogens is 2. The van der Waals surface area contributed by atoms with Crippen molar-refractivity contribution in [2.45, 2.75) is 59.4 Å². The van der Waals surface area contributed by atoms with Gasteiger partial charge in [-0.15, -0.1) is 0 Å². The van der Waals surface area contributed by atoms with E-state index in [1.165, 1.54) is 0 Å². The Kier molecular flexibility index (Phi) is 4.66. The quantitative estimate of drug-likeness (QED) is 0.784. The Morgan fingerprint density at radius 3 is 2.27 bits per heavy atom. The van der Waals surface area contributed by atoms with Crippen molar-refractivity contribution < 1.29 is 5.11 Å². The van der Waals surface area contributed by atoms with Gasteiger partial charge in [0.05, 0.1) is 5.69 Å². The van der Waals surface area contributed by atoms with Crippen molar-refractivity contribution in [3.8, 4) is 5.75 Å². The van der Waals surface area contributed by atoms with Crippen LogP contribution in [0, 0.1) is 0 Å². The third-order valence-corrected chi connectivity index (χ3v) is 2.51. The van der Waals surface area contributed by atoms with Crippen LogP contribution in [-0.2, 0) is 19.4 Å². The number of nitrogens with zero attached hydrogens (tertiary/aromatic N) is 2. The molecule has 1 rings (SSSR count). The second kappa shape index (κ2) is 5.79. The van der Waals surface area contributed by atoms with Gasteiger partial charge in [0, 0.05) is 6.54 Å². The molecule has 0 saturated carbocycles. The molecule has 0 spiro atoms. The molecule has 0 unspecified atom stereocenters. The Morgan fingerprint density at radius 2 is 1.73 bits per heavy atom. The molecular weight excluding hydrogens is 188 g/mol. The molecule has 0 aromatic carbocycles. The fourth-order valence-corrected chi connectivity index (χ4v) is 1.83. The summed E-state index contributed by atoms with van der Waals surface area (Å²) in [7, 11) is 0. The van der Waals surface area contributed by atoms with E-state index < -0.39 is 0 Å². The van der Waals surface area contributed by atoms with Crippen molar-refractivity contribution in [1.29, 1.82) is 0 Å². The minimum atomic E-state index is 0.437. The largest absolute Gasteiger partial charge is 0.504 e. The first-order chi connectivity index (χ1) is 7.24. The molecule has 86 valence electrons. The van der Waals surface area contributed by atoms with Crippen molar-refractivity contribution in [3.05, 3.63) is 11.4 Å². The molecule has 15 heavy (non-hydrogen) atoms. The monoisotopic (exact) mass is 210 g/mol. The summed E-state index contributed by atoms with van der Waals surface area (Å²) in [6.45, 7) is 7.28. The number of hydrogen-bond acceptors (Lipinski definition) is 2. The Morgan fingerprint density at radius 1 is 1.07 bits per heavy atom. The minimum absolute atomic E-state index is 0.437. The van der Waals surface area contributed by atoms with Crippen LogP contribution in [0.4, 0.5) is 0 Å². The fraction of sp³-hybridized carbons (Fsp3) is 0.750.